The number of hydrazine groups is 1. The molecule has 0 unspecified atom stereocenters. The van der Waals surface area contributed by atoms with Crippen LogP contribution >= 0.6 is 0 Å². The van der Waals surface area contributed by atoms with Gasteiger partial charge in [-0.2, -0.15) is 5.01 Å². The summed E-state index contributed by atoms with van der Waals surface area (Å²) in [5.74, 6) is 0.482. The predicted octanol–water partition coefficient (Wildman–Crippen LogP) is 2.03. The van der Waals surface area contributed by atoms with Crippen molar-refractivity contribution in [3.63, 3.8) is 0 Å². The maximum absolute atomic E-state index is 12.8. The zero-order valence-electron chi connectivity index (χ0n) is 16.7. The quantitative estimate of drug-likeness (QED) is 0.552. The Kier molecular flexibility index (Phi) is 4.37. The molecule has 1 spiro atoms. The van der Waals surface area contributed by atoms with E-state index in [-0.39, 0.29) is 5.97 Å². The van der Waals surface area contributed by atoms with E-state index in [0.717, 1.165) is 43.5 Å². The summed E-state index contributed by atoms with van der Waals surface area (Å²) >= 11 is 0. The zero-order chi connectivity index (χ0) is 20.2. The lowest BCUT2D eigenvalue weighted by atomic mass is 9.49. The molecule has 4 bridgehead atoms. The van der Waals surface area contributed by atoms with Crippen molar-refractivity contribution in [3.05, 3.63) is 0 Å². The molecule has 6 fully saturated rings. The lowest BCUT2D eigenvalue weighted by Gasteiger charge is -2.55. The number of carbonyl (C=O) groups is 4. The van der Waals surface area contributed by atoms with Gasteiger partial charge in [0.05, 0.1) is 5.41 Å². The topological polar surface area (TPSA) is 105 Å². The van der Waals surface area contributed by atoms with Crippen LogP contribution in [0.25, 0.3) is 0 Å². The second-order valence-corrected chi connectivity index (χ2v) is 10.0. The summed E-state index contributed by atoms with van der Waals surface area (Å²) in [4.78, 5) is 50.1. The standard InChI is InChI=1S/C21H29N3O5/c25-16(23-24-17(26)21(22-19(24)28)4-2-1-3-5-21)12-29-18(27)20-9-13-6-14(10-20)8-15(7-13)11-20/h13-15H,1-12H2,(H,22,28)(H,23,25). The number of urea groups is 1. The van der Waals surface area contributed by atoms with E-state index in [1.54, 1.807) is 0 Å². The van der Waals surface area contributed by atoms with E-state index in [1.165, 1.54) is 19.3 Å². The molecule has 0 atom stereocenters. The molecule has 5 aliphatic carbocycles. The molecule has 2 N–H and O–H groups in total. The predicted molar refractivity (Wildman–Crippen MR) is 101 cm³/mol. The largest absolute Gasteiger partial charge is 0.455 e. The van der Waals surface area contributed by atoms with Gasteiger partial charge in [-0.25, -0.2) is 4.79 Å². The van der Waals surface area contributed by atoms with E-state index in [4.69, 9.17) is 4.74 Å². The summed E-state index contributed by atoms with van der Waals surface area (Å²) in [6.07, 6.45) is 10.2. The lowest BCUT2D eigenvalue weighted by Crippen LogP contribution is -2.52. The highest BCUT2D eigenvalue weighted by atomic mass is 16.5. The third-order valence-electron chi connectivity index (χ3n) is 7.91. The highest BCUT2D eigenvalue weighted by Crippen LogP contribution is 2.60. The Labute approximate surface area is 170 Å². The first-order valence-corrected chi connectivity index (χ1v) is 11.0. The van der Waals surface area contributed by atoms with Crippen LogP contribution in [-0.2, 0) is 19.1 Å². The normalized spacial score (nSPS) is 37.0. The van der Waals surface area contributed by atoms with E-state index >= 15 is 0 Å². The van der Waals surface area contributed by atoms with Crippen LogP contribution in [0.4, 0.5) is 4.79 Å². The first kappa shape index (κ1) is 18.9. The molecule has 1 heterocycles. The summed E-state index contributed by atoms with van der Waals surface area (Å²) in [7, 11) is 0. The Morgan fingerprint density at radius 3 is 2.17 bits per heavy atom. The first-order chi connectivity index (χ1) is 13.9. The van der Waals surface area contributed by atoms with Crippen LogP contribution in [-0.4, -0.2) is 41.0 Å². The molecule has 6 rings (SSSR count). The van der Waals surface area contributed by atoms with Crippen molar-refractivity contribution in [1.29, 1.82) is 0 Å². The lowest BCUT2D eigenvalue weighted by molar-refractivity contribution is -0.173. The van der Waals surface area contributed by atoms with Crippen molar-refractivity contribution in [2.45, 2.75) is 76.2 Å². The highest BCUT2D eigenvalue weighted by Gasteiger charge is 2.56. The van der Waals surface area contributed by atoms with Gasteiger partial charge in [-0.1, -0.05) is 19.3 Å². The fraction of sp³-hybridized carbons (Fsp3) is 0.810. The van der Waals surface area contributed by atoms with E-state index in [0.29, 0.717) is 30.6 Å². The van der Waals surface area contributed by atoms with Gasteiger partial charge < -0.3 is 10.1 Å². The van der Waals surface area contributed by atoms with Crippen LogP contribution in [0, 0.1) is 23.2 Å². The number of hydrogen-bond acceptors (Lipinski definition) is 5. The van der Waals surface area contributed by atoms with Crippen molar-refractivity contribution in [2.24, 2.45) is 23.2 Å². The molecule has 29 heavy (non-hydrogen) atoms. The van der Waals surface area contributed by atoms with Gasteiger partial charge >= 0.3 is 12.0 Å². The number of nitrogens with zero attached hydrogens (tertiary/aromatic N) is 1. The van der Waals surface area contributed by atoms with Crippen molar-refractivity contribution in [3.8, 4) is 0 Å². The Morgan fingerprint density at radius 2 is 1.59 bits per heavy atom. The maximum atomic E-state index is 12.8. The fourth-order valence-electron chi connectivity index (χ4n) is 7.02. The second-order valence-electron chi connectivity index (χ2n) is 10.0. The molecule has 8 heteroatoms. The van der Waals surface area contributed by atoms with Gasteiger partial charge in [-0.15, -0.1) is 0 Å². The summed E-state index contributed by atoms with van der Waals surface area (Å²) in [5, 5.41) is 3.50. The summed E-state index contributed by atoms with van der Waals surface area (Å²) < 4.78 is 5.39. The average Bonchev–Trinajstić information content (AvgIpc) is 2.89. The van der Waals surface area contributed by atoms with Gasteiger partial charge in [0.15, 0.2) is 6.61 Å². The molecular weight excluding hydrogens is 374 g/mol. The number of amides is 4. The molecule has 5 saturated carbocycles. The molecule has 0 radical (unpaired) electrons. The van der Waals surface area contributed by atoms with Crippen molar-refractivity contribution in [1.82, 2.24) is 15.8 Å². The Balaban J connectivity index is 1.17. The molecule has 6 aliphatic rings. The van der Waals surface area contributed by atoms with Crippen LogP contribution in [0.5, 0.6) is 0 Å². The fourth-order valence-corrected chi connectivity index (χ4v) is 7.02. The van der Waals surface area contributed by atoms with Crippen molar-refractivity contribution >= 4 is 23.8 Å². The molecule has 0 aromatic heterocycles. The van der Waals surface area contributed by atoms with E-state index in [1.807, 2.05) is 0 Å². The van der Waals surface area contributed by atoms with E-state index < -0.39 is 35.4 Å². The summed E-state index contributed by atoms with van der Waals surface area (Å²) in [6.45, 7) is -0.468. The maximum Gasteiger partial charge on any atom is 0.344 e. The first-order valence-electron chi connectivity index (χ1n) is 11.0. The molecule has 4 amide bonds. The van der Waals surface area contributed by atoms with Crippen LogP contribution in [0.2, 0.25) is 0 Å². The van der Waals surface area contributed by atoms with Gasteiger partial charge in [0, 0.05) is 0 Å². The molecule has 1 saturated heterocycles. The average molecular weight is 403 g/mol. The van der Waals surface area contributed by atoms with E-state index in [2.05, 4.69) is 10.7 Å². The molecular formula is C21H29N3O5. The number of nitrogens with one attached hydrogen (secondary N) is 2. The van der Waals surface area contributed by atoms with Crippen molar-refractivity contribution in [2.75, 3.05) is 6.61 Å². The van der Waals surface area contributed by atoms with Gasteiger partial charge in [0.25, 0.3) is 11.8 Å². The Hall–Kier alpha value is -2.12. The summed E-state index contributed by atoms with van der Waals surface area (Å²) in [6, 6.07) is -0.613. The number of ether oxygens (including phenoxy) is 1. The van der Waals surface area contributed by atoms with Gasteiger partial charge in [-0.05, 0) is 69.1 Å². The molecule has 0 aromatic carbocycles. The van der Waals surface area contributed by atoms with Crippen LogP contribution in [0.1, 0.15) is 70.6 Å². The SMILES string of the molecule is O=C(COC(=O)C12CC3CC(CC(C3)C1)C2)NN1C(=O)NC2(CCCCC2)C1=O. The van der Waals surface area contributed by atoms with Gasteiger partial charge in [0.1, 0.15) is 5.54 Å². The molecule has 0 aromatic rings. The highest BCUT2D eigenvalue weighted by molar-refractivity contribution is 6.08. The third-order valence-corrected chi connectivity index (χ3v) is 7.91. The number of rotatable bonds is 4. The Morgan fingerprint density at radius 1 is 1.00 bits per heavy atom. The Bertz CT molecular complexity index is 722. The van der Waals surface area contributed by atoms with Crippen molar-refractivity contribution < 1.29 is 23.9 Å². The minimum atomic E-state index is -0.890. The molecule has 8 nitrogen and oxygen atoms in total. The number of esters is 1. The minimum Gasteiger partial charge on any atom is -0.455 e. The van der Waals surface area contributed by atoms with Crippen LogP contribution < -0.4 is 10.7 Å². The third kappa shape index (κ3) is 3.11. The van der Waals surface area contributed by atoms with Gasteiger partial charge in [0.2, 0.25) is 0 Å². The van der Waals surface area contributed by atoms with E-state index in [9.17, 15) is 19.2 Å². The monoisotopic (exact) mass is 403 g/mol. The summed E-state index contributed by atoms with van der Waals surface area (Å²) in [5.41, 5.74) is 1.02. The smallest absolute Gasteiger partial charge is 0.344 e. The van der Waals surface area contributed by atoms with Crippen LogP contribution in [0.15, 0.2) is 0 Å². The number of carbonyl (C=O) groups excluding carboxylic acids is 4. The molecule has 1 aliphatic heterocycles. The zero-order valence-corrected chi connectivity index (χ0v) is 16.7. The minimum absolute atomic E-state index is 0.285. The van der Waals surface area contributed by atoms with Crippen LogP contribution in [0.3, 0.4) is 0 Å². The number of imide groups is 1. The number of hydrogen-bond donors (Lipinski definition) is 2. The molecule has 158 valence electrons. The second kappa shape index (κ2) is 6.71. The van der Waals surface area contributed by atoms with Gasteiger partial charge in [-0.3, -0.25) is 19.8 Å².